The highest BCUT2D eigenvalue weighted by atomic mass is 32.2. The van der Waals surface area contributed by atoms with Gasteiger partial charge in [-0.05, 0) is 32.0 Å². The first-order chi connectivity index (χ1) is 12.6. The number of fused-ring (bicyclic) bond motifs is 1. The van der Waals surface area contributed by atoms with E-state index >= 15 is 0 Å². The average molecular weight is 382 g/mol. The van der Waals surface area contributed by atoms with E-state index in [0.717, 1.165) is 20.1 Å². The van der Waals surface area contributed by atoms with Gasteiger partial charge >= 0.3 is 0 Å². The van der Waals surface area contributed by atoms with Crippen molar-refractivity contribution in [3.63, 3.8) is 0 Å². The van der Waals surface area contributed by atoms with Gasteiger partial charge < -0.3 is 4.42 Å². The number of furan rings is 1. The number of carbonyl (C=O) groups excluding carboxylic acids is 1. The topological polar surface area (TPSA) is 80.9 Å². The van der Waals surface area contributed by atoms with Crippen LogP contribution in [-0.2, 0) is 0 Å². The maximum Gasteiger partial charge on any atom is 0.261 e. The molecule has 0 bridgehead atoms. The van der Waals surface area contributed by atoms with Crippen molar-refractivity contribution in [2.75, 3.05) is 5.32 Å². The summed E-state index contributed by atoms with van der Waals surface area (Å²) in [4.78, 5) is 17.8. The minimum Gasteiger partial charge on any atom is -0.466 e. The summed E-state index contributed by atoms with van der Waals surface area (Å²) in [5, 5.41) is 12.5. The van der Waals surface area contributed by atoms with Crippen LogP contribution in [-0.4, -0.2) is 21.1 Å². The number of pyridine rings is 1. The van der Waals surface area contributed by atoms with Gasteiger partial charge in [0.25, 0.3) is 5.91 Å². The van der Waals surface area contributed by atoms with Crippen LogP contribution >= 0.6 is 23.1 Å². The van der Waals surface area contributed by atoms with Crippen LogP contribution in [0.1, 0.15) is 21.9 Å². The Labute approximate surface area is 157 Å². The molecule has 0 unspecified atom stereocenters. The zero-order valence-electron chi connectivity index (χ0n) is 14.0. The van der Waals surface area contributed by atoms with Crippen molar-refractivity contribution in [2.24, 2.45) is 0 Å². The normalized spacial score (nSPS) is 11.0. The molecule has 0 spiro atoms. The Balaban J connectivity index is 1.53. The van der Waals surface area contributed by atoms with Crippen molar-refractivity contribution in [1.29, 1.82) is 0 Å². The first kappa shape index (κ1) is 16.7. The van der Waals surface area contributed by atoms with Gasteiger partial charge in [-0.25, -0.2) is 0 Å². The zero-order chi connectivity index (χ0) is 18.1. The third-order valence-corrected chi connectivity index (χ3v) is 5.68. The van der Waals surface area contributed by atoms with Gasteiger partial charge in [0.05, 0.1) is 11.1 Å². The molecule has 1 N–H and O–H groups in total. The molecule has 26 heavy (non-hydrogen) atoms. The number of benzene rings is 1. The summed E-state index contributed by atoms with van der Waals surface area (Å²) in [7, 11) is 0. The molecule has 0 aliphatic rings. The lowest BCUT2D eigenvalue weighted by Gasteiger charge is -2.02. The number of nitrogens with one attached hydrogen (secondary N) is 1. The summed E-state index contributed by atoms with van der Waals surface area (Å²) in [5.74, 6) is 1.04. The van der Waals surface area contributed by atoms with Crippen molar-refractivity contribution in [2.45, 2.75) is 23.1 Å². The maximum atomic E-state index is 12.3. The molecule has 0 aliphatic heterocycles. The quantitative estimate of drug-likeness (QED) is 0.515. The zero-order valence-corrected chi connectivity index (χ0v) is 15.6. The molecule has 6 nitrogen and oxygen atoms in total. The van der Waals surface area contributed by atoms with E-state index < -0.39 is 0 Å². The number of para-hydroxylation sites is 1. The minimum atomic E-state index is -0.249. The molecule has 0 atom stereocenters. The van der Waals surface area contributed by atoms with Crippen LogP contribution in [0, 0.1) is 13.8 Å². The van der Waals surface area contributed by atoms with Crippen LogP contribution in [0.3, 0.4) is 0 Å². The second-order valence-corrected chi connectivity index (χ2v) is 7.85. The van der Waals surface area contributed by atoms with Crippen molar-refractivity contribution < 1.29 is 9.21 Å². The third-order valence-electron chi connectivity index (χ3n) is 3.72. The van der Waals surface area contributed by atoms with Gasteiger partial charge in [0.2, 0.25) is 5.13 Å². The minimum absolute atomic E-state index is 0.249. The summed E-state index contributed by atoms with van der Waals surface area (Å²) < 4.78 is 6.14. The second-order valence-electron chi connectivity index (χ2n) is 5.58. The number of amides is 1. The number of aryl methyl sites for hydroxylation is 2. The van der Waals surface area contributed by atoms with E-state index in [0.29, 0.717) is 22.2 Å². The fourth-order valence-electron chi connectivity index (χ4n) is 2.57. The van der Waals surface area contributed by atoms with E-state index in [-0.39, 0.29) is 5.91 Å². The summed E-state index contributed by atoms with van der Waals surface area (Å²) in [6.45, 7) is 3.57. The van der Waals surface area contributed by atoms with Crippen molar-refractivity contribution in [3.05, 3.63) is 59.7 Å². The first-order valence-corrected chi connectivity index (χ1v) is 9.47. The second kappa shape index (κ2) is 6.89. The van der Waals surface area contributed by atoms with E-state index in [1.54, 1.807) is 19.2 Å². The summed E-state index contributed by atoms with van der Waals surface area (Å²) >= 11 is 2.83. The van der Waals surface area contributed by atoms with Crippen LogP contribution in [0.5, 0.6) is 0 Å². The number of carbonyl (C=O) groups is 1. The number of aromatic nitrogens is 3. The average Bonchev–Trinajstić information content (AvgIpc) is 3.21. The first-order valence-electron chi connectivity index (χ1n) is 7.83. The molecule has 4 rings (SSSR count). The van der Waals surface area contributed by atoms with Gasteiger partial charge in [-0.2, -0.15) is 0 Å². The van der Waals surface area contributed by atoms with Crippen molar-refractivity contribution in [3.8, 4) is 0 Å². The number of hydrogen-bond donors (Lipinski definition) is 1. The molecule has 8 heteroatoms. The SMILES string of the molecule is Cc1cc(C(=O)Nc2nnc(Sc3ccnc4ccccc34)s2)c(C)o1. The fraction of sp³-hybridized carbons (Fsp3) is 0.111. The molecular weight excluding hydrogens is 368 g/mol. The van der Waals surface area contributed by atoms with E-state index in [2.05, 4.69) is 20.5 Å². The van der Waals surface area contributed by atoms with Gasteiger partial charge in [-0.15, -0.1) is 10.2 Å². The predicted octanol–water partition coefficient (Wildman–Crippen LogP) is 4.70. The molecule has 4 aromatic rings. The number of hydrogen-bond acceptors (Lipinski definition) is 7. The summed E-state index contributed by atoms with van der Waals surface area (Å²) in [5.41, 5.74) is 1.44. The summed E-state index contributed by atoms with van der Waals surface area (Å²) in [6, 6.07) is 11.6. The van der Waals surface area contributed by atoms with E-state index in [1.807, 2.05) is 37.3 Å². The van der Waals surface area contributed by atoms with Crippen LogP contribution < -0.4 is 5.32 Å². The molecule has 0 saturated heterocycles. The molecule has 0 radical (unpaired) electrons. The molecule has 0 saturated carbocycles. The summed E-state index contributed by atoms with van der Waals surface area (Å²) in [6.07, 6.45) is 1.78. The lowest BCUT2D eigenvalue weighted by atomic mass is 10.2. The largest absolute Gasteiger partial charge is 0.466 e. The van der Waals surface area contributed by atoms with E-state index in [4.69, 9.17) is 4.42 Å². The molecule has 0 aliphatic carbocycles. The van der Waals surface area contributed by atoms with E-state index in [1.165, 1.54) is 23.1 Å². The maximum absolute atomic E-state index is 12.3. The van der Waals surface area contributed by atoms with Gasteiger partial charge in [0.1, 0.15) is 11.5 Å². The third kappa shape index (κ3) is 3.33. The molecule has 3 aromatic heterocycles. The molecule has 3 heterocycles. The lowest BCUT2D eigenvalue weighted by Crippen LogP contribution is -2.11. The van der Waals surface area contributed by atoms with Gasteiger partial charge in [-0.1, -0.05) is 41.3 Å². The Bertz CT molecular complexity index is 1100. The highest BCUT2D eigenvalue weighted by Crippen LogP contribution is 2.35. The van der Waals surface area contributed by atoms with Crippen LogP contribution in [0.4, 0.5) is 5.13 Å². The molecular formula is C18H14N4O2S2. The number of nitrogens with zero attached hydrogens (tertiary/aromatic N) is 3. The van der Waals surface area contributed by atoms with Gasteiger partial charge in [0.15, 0.2) is 4.34 Å². The monoisotopic (exact) mass is 382 g/mol. The Morgan fingerprint density at radius 2 is 2.04 bits per heavy atom. The van der Waals surface area contributed by atoms with Gasteiger partial charge in [0, 0.05) is 16.5 Å². The Hall–Kier alpha value is -2.71. The fourth-order valence-corrected chi connectivity index (χ4v) is 4.40. The molecule has 0 fully saturated rings. The van der Waals surface area contributed by atoms with Crippen molar-refractivity contribution >= 4 is 45.0 Å². The standard InChI is InChI=1S/C18H14N4O2S2/c1-10-9-13(11(2)24-10)16(23)20-17-21-22-18(26-17)25-15-7-8-19-14-6-4-3-5-12(14)15/h3-9H,1-2H3,(H,20,21,23). The van der Waals surface area contributed by atoms with Crippen molar-refractivity contribution in [1.82, 2.24) is 15.2 Å². The van der Waals surface area contributed by atoms with Crippen LogP contribution in [0.15, 0.2) is 56.2 Å². The van der Waals surface area contributed by atoms with Gasteiger partial charge in [-0.3, -0.25) is 15.1 Å². The highest BCUT2D eigenvalue weighted by molar-refractivity contribution is 8.01. The van der Waals surface area contributed by atoms with E-state index in [9.17, 15) is 4.79 Å². The smallest absolute Gasteiger partial charge is 0.261 e. The Morgan fingerprint density at radius 3 is 2.85 bits per heavy atom. The number of anilines is 1. The van der Waals surface area contributed by atoms with Crippen LogP contribution in [0.25, 0.3) is 10.9 Å². The molecule has 1 aromatic carbocycles. The molecule has 130 valence electrons. The highest BCUT2D eigenvalue weighted by Gasteiger charge is 2.16. The lowest BCUT2D eigenvalue weighted by molar-refractivity contribution is 0.102. The predicted molar refractivity (Wildman–Crippen MR) is 102 cm³/mol. The van der Waals surface area contributed by atoms with Crippen LogP contribution in [0.2, 0.25) is 0 Å². The Kier molecular flexibility index (Phi) is 4.44. The molecule has 1 amide bonds. The Morgan fingerprint density at radius 1 is 1.19 bits per heavy atom. The number of rotatable bonds is 4.